The number of hydrogen-bond donors (Lipinski definition) is 0. The Morgan fingerprint density at radius 2 is 1.80 bits per heavy atom. The third-order valence-corrected chi connectivity index (χ3v) is 4.95. The van der Waals surface area contributed by atoms with Crippen LogP contribution in [0.4, 0.5) is 20.4 Å². The quantitative estimate of drug-likeness (QED) is 0.753. The van der Waals surface area contributed by atoms with Gasteiger partial charge < -0.3 is 9.80 Å². The number of likely N-dealkylation sites (tertiary alicyclic amines) is 1. The fraction of sp³-hybridized carbons (Fsp3) is 0.476. The van der Waals surface area contributed by atoms with Gasteiger partial charge in [0.1, 0.15) is 11.9 Å². The summed E-state index contributed by atoms with van der Waals surface area (Å²) in [5, 5.41) is 16.8. The van der Waals surface area contributed by atoms with Crippen LogP contribution in [-0.4, -0.2) is 51.0 Å². The number of carbonyl (C=O) groups excluding carboxylic acids is 1. The molecule has 0 N–H and O–H groups in total. The van der Waals surface area contributed by atoms with Gasteiger partial charge in [0.25, 0.3) is 11.8 Å². The van der Waals surface area contributed by atoms with Crippen molar-refractivity contribution in [3.63, 3.8) is 0 Å². The maximum Gasteiger partial charge on any atom is 0.255 e. The Hall–Kier alpha value is -3.15. The monoisotopic (exact) mass is 414 g/mol. The van der Waals surface area contributed by atoms with E-state index in [4.69, 9.17) is 5.26 Å². The number of hydrogen-bond acceptors (Lipinski definition) is 6. The summed E-state index contributed by atoms with van der Waals surface area (Å²) in [5.74, 6) is -1.76. The fourth-order valence-corrected chi connectivity index (χ4v) is 3.21. The summed E-state index contributed by atoms with van der Waals surface area (Å²) in [4.78, 5) is 20.3. The number of nitrogens with zero attached hydrogens (tertiary/aromatic N) is 6. The van der Waals surface area contributed by atoms with E-state index in [2.05, 4.69) is 15.2 Å². The number of alkyl halides is 2. The number of amides is 1. The lowest BCUT2D eigenvalue weighted by Crippen LogP contribution is -2.42. The zero-order chi connectivity index (χ0) is 21.7. The number of piperidine rings is 1. The smallest absolute Gasteiger partial charge is 0.255 e. The van der Waals surface area contributed by atoms with Gasteiger partial charge in [0.05, 0.1) is 5.56 Å². The first kappa shape index (κ1) is 21.6. The van der Waals surface area contributed by atoms with Gasteiger partial charge in [-0.15, -0.1) is 10.2 Å². The summed E-state index contributed by atoms with van der Waals surface area (Å²) < 4.78 is 26.6. The number of aromatic nitrogens is 3. The summed E-state index contributed by atoms with van der Waals surface area (Å²) in [6.45, 7) is 4.09. The number of nitriles is 1. The molecule has 2 aromatic heterocycles. The minimum Gasteiger partial charge on any atom is -0.338 e. The van der Waals surface area contributed by atoms with Gasteiger partial charge in [0.15, 0.2) is 11.5 Å². The van der Waals surface area contributed by atoms with Crippen molar-refractivity contribution in [3.05, 3.63) is 41.7 Å². The zero-order valence-electron chi connectivity index (χ0n) is 17.1. The molecule has 0 radical (unpaired) electrons. The molecule has 158 valence electrons. The Kier molecular flexibility index (Phi) is 6.55. The lowest BCUT2D eigenvalue weighted by molar-refractivity contribution is -0.0494. The van der Waals surface area contributed by atoms with Crippen LogP contribution < -0.4 is 4.90 Å². The molecule has 3 heterocycles. The van der Waals surface area contributed by atoms with E-state index >= 15 is 0 Å². The molecule has 2 aromatic rings. The largest absolute Gasteiger partial charge is 0.338 e. The first-order valence-corrected chi connectivity index (χ1v) is 10.1. The van der Waals surface area contributed by atoms with Gasteiger partial charge in [-0.05, 0) is 37.1 Å². The van der Waals surface area contributed by atoms with Gasteiger partial charge in [-0.2, -0.15) is 5.26 Å². The number of rotatable bonds is 4. The minimum atomic E-state index is -2.69. The fourth-order valence-electron chi connectivity index (χ4n) is 3.21. The van der Waals surface area contributed by atoms with Crippen molar-refractivity contribution in [2.24, 2.45) is 0 Å². The molecule has 0 bridgehead atoms. The van der Waals surface area contributed by atoms with Crippen LogP contribution in [0.15, 0.2) is 30.5 Å². The minimum absolute atomic E-state index is 0.0443. The Morgan fingerprint density at radius 3 is 2.30 bits per heavy atom. The van der Waals surface area contributed by atoms with Crippen LogP contribution >= 0.6 is 0 Å². The van der Waals surface area contributed by atoms with Crippen LogP contribution in [0.2, 0.25) is 0 Å². The molecule has 1 aliphatic heterocycles. The van der Waals surface area contributed by atoms with E-state index in [9.17, 15) is 13.6 Å². The highest BCUT2D eigenvalue weighted by atomic mass is 19.3. The Bertz CT molecular complexity index is 897. The Morgan fingerprint density at radius 1 is 1.13 bits per heavy atom. The van der Waals surface area contributed by atoms with Crippen LogP contribution in [0.5, 0.6) is 0 Å². The van der Waals surface area contributed by atoms with E-state index < -0.39 is 5.92 Å². The molecule has 2 fully saturated rings. The second-order valence-electron chi connectivity index (χ2n) is 7.04. The van der Waals surface area contributed by atoms with Crippen LogP contribution in [0.25, 0.3) is 0 Å². The normalized spacial score (nSPS) is 17.4. The summed E-state index contributed by atoms with van der Waals surface area (Å²) in [6, 6.07) is 8.89. The predicted molar refractivity (Wildman–Crippen MR) is 108 cm³/mol. The van der Waals surface area contributed by atoms with Gasteiger partial charge in [-0.25, -0.2) is 13.8 Å². The van der Waals surface area contributed by atoms with Crippen molar-refractivity contribution in [1.82, 2.24) is 20.1 Å². The number of anilines is 2. The number of halogens is 2. The number of carbonyl (C=O) groups is 1. The molecule has 0 spiro atoms. The average molecular weight is 414 g/mol. The first-order chi connectivity index (χ1) is 14.5. The van der Waals surface area contributed by atoms with E-state index in [0.717, 1.165) is 12.8 Å². The molecule has 9 heteroatoms. The van der Waals surface area contributed by atoms with Crippen molar-refractivity contribution < 1.29 is 13.6 Å². The average Bonchev–Trinajstić information content (AvgIpc) is 3.61. The van der Waals surface area contributed by atoms with E-state index in [1.807, 2.05) is 24.8 Å². The molecule has 0 atom stereocenters. The van der Waals surface area contributed by atoms with Gasteiger partial charge in [0.2, 0.25) is 0 Å². The van der Waals surface area contributed by atoms with Crippen LogP contribution in [0, 0.1) is 11.3 Å². The molecule has 1 amide bonds. The second kappa shape index (κ2) is 9.11. The highest BCUT2D eigenvalue weighted by molar-refractivity contribution is 5.94. The maximum atomic E-state index is 13.3. The lowest BCUT2D eigenvalue weighted by atomic mass is 10.1. The van der Waals surface area contributed by atoms with Crippen molar-refractivity contribution in [2.45, 2.75) is 51.5 Å². The molecule has 1 aliphatic carbocycles. The second-order valence-corrected chi connectivity index (χ2v) is 7.04. The van der Waals surface area contributed by atoms with Crippen molar-refractivity contribution in [2.75, 3.05) is 18.0 Å². The first-order valence-electron chi connectivity index (χ1n) is 10.1. The Labute approximate surface area is 174 Å². The molecule has 30 heavy (non-hydrogen) atoms. The predicted octanol–water partition coefficient (Wildman–Crippen LogP) is 3.94. The van der Waals surface area contributed by atoms with E-state index in [1.165, 1.54) is 11.1 Å². The van der Waals surface area contributed by atoms with Gasteiger partial charge in [-0.3, -0.25) is 4.79 Å². The van der Waals surface area contributed by atoms with Crippen molar-refractivity contribution >= 4 is 17.5 Å². The van der Waals surface area contributed by atoms with Gasteiger partial charge in [-0.1, -0.05) is 13.8 Å². The van der Waals surface area contributed by atoms with E-state index in [1.54, 1.807) is 24.3 Å². The third-order valence-electron chi connectivity index (χ3n) is 4.95. The molecule has 1 saturated carbocycles. The molecule has 2 aliphatic rings. The van der Waals surface area contributed by atoms with Crippen LogP contribution in [0.1, 0.15) is 55.6 Å². The van der Waals surface area contributed by atoms with E-state index in [-0.39, 0.29) is 43.6 Å². The molecule has 4 rings (SSSR count). The molecule has 7 nitrogen and oxygen atoms in total. The standard InChI is InChI=1S/C19H18F2N6O.C2H6/c20-19(21)7-9-26(10-8-19)18(28)13-1-5-16(23-12-13)27(15-3-4-15)17-6-2-14(11-22)24-25-17;1-2/h1-2,5-6,12,15H,3-4,7-10H2;1-2H3. The molecular weight excluding hydrogens is 390 g/mol. The molecular formula is C21H24F2N6O. The summed E-state index contributed by atoms with van der Waals surface area (Å²) in [7, 11) is 0. The zero-order valence-corrected chi connectivity index (χ0v) is 17.1. The van der Waals surface area contributed by atoms with Gasteiger partial charge in [0, 0.05) is 38.2 Å². The highest BCUT2D eigenvalue weighted by Gasteiger charge is 2.36. The SMILES string of the molecule is CC.N#Cc1ccc(N(c2ccc(C(=O)N3CCC(F)(F)CC3)cn2)C2CC2)nn1. The topological polar surface area (TPSA) is 86.0 Å². The van der Waals surface area contributed by atoms with Crippen molar-refractivity contribution in [1.29, 1.82) is 5.26 Å². The molecule has 0 unspecified atom stereocenters. The number of pyridine rings is 1. The summed E-state index contributed by atoms with van der Waals surface area (Å²) >= 11 is 0. The summed E-state index contributed by atoms with van der Waals surface area (Å²) in [5.41, 5.74) is 0.608. The molecule has 0 aromatic carbocycles. The summed E-state index contributed by atoms with van der Waals surface area (Å²) in [6.07, 6.45) is 2.84. The van der Waals surface area contributed by atoms with Crippen LogP contribution in [-0.2, 0) is 0 Å². The van der Waals surface area contributed by atoms with Crippen molar-refractivity contribution in [3.8, 4) is 6.07 Å². The van der Waals surface area contributed by atoms with Crippen LogP contribution in [0.3, 0.4) is 0 Å². The Balaban J connectivity index is 0.00000124. The highest BCUT2D eigenvalue weighted by Crippen LogP contribution is 2.36. The lowest BCUT2D eigenvalue weighted by Gasteiger charge is -2.31. The molecule has 1 saturated heterocycles. The maximum absolute atomic E-state index is 13.3. The van der Waals surface area contributed by atoms with E-state index in [0.29, 0.717) is 17.2 Å². The van der Waals surface area contributed by atoms with Gasteiger partial charge >= 0.3 is 0 Å². The third kappa shape index (κ3) is 4.87.